The SMILES string of the molecule is O=C(CBr)Oc1ccc(C(=O)CBr)cc1C(=O)O. The highest BCUT2D eigenvalue weighted by atomic mass is 79.9. The van der Waals surface area contributed by atoms with Crippen molar-refractivity contribution in [3.63, 3.8) is 0 Å². The molecule has 0 atom stereocenters. The van der Waals surface area contributed by atoms with Crippen LogP contribution in [0, 0.1) is 0 Å². The highest BCUT2D eigenvalue weighted by Gasteiger charge is 2.17. The summed E-state index contributed by atoms with van der Waals surface area (Å²) in [5, 5.41) is 9.05. The predicted octanol–water partition coefficient (Wildman–Crippen LogP) is 2.26. The number of carbonyl (C=O) groups is 3. The molecule has 0 saturated heterocycles. The zero-order valence-electron chi connectivity index (χ0n) is 8.98. The number of benzene rings is 1. The standard InChI is InChI=1S/C11H8Br2O5/c12-4-8(14)6-1-2-9(18-10(15)5-13)7(3-6)11(16)17/h1-3H,4-5H2,(H,16,17). The lowest BCUT2D eigenvalue weighted by atomic mass is 10.1. The number of carboxylic acids is 1. The van der Waals surface area contributed by atoms with Crippen LogP contribution in [0.5, 0.6) is 5.75 Å². The number of esters is 1. The minimum Gasteiger partial charge on any atom is -0.478 e. The van der Waals surface area contributed by atoms with Gasteiger partial charge in [-0.15, -0.1) is 0 Å². The molecule has 0 aliphatic rings. The van der Waals surface area contributed by atoms with Crippen molar-refractivity contribution in [2.75, 3.05) is 10.7 Å². The summed E-state index contributed by atoms with van der Waals surface area (Å²) in [5.41, 5.74) is 0.0130. The number of ketones is 1. The highest BCUT2D eigenvalue weighted by molar-refractivity contribution is 9.09. The van der Waals surface area contributed by atoms with Gasteiger partial charge >= 0.3 is 11.9 Å². The van der Waals surface area contributed by atoms with E-state index in [1.807, 2.05) is 0 Å². The van der Waals surface area contributed by atoms with E-state index in [1.165, 1.54) is 18.2 Å². The maximum absolute atomic E-state index is 11.4. The van der Waals surface area contributed by atoms with Gasteiger partial charge in [0.1, 0.15) is 16.6 Å². The molecule has 18 heavy (non-hydrogen) atoms. The lowest BCUT2D eigenvalue weighted by Gasteiger charge is -2.07. The third-order valence-corrected chi connectivity index (χ3v) is 2.95. The van der Waals surface area contributed by atoms with Gasteiger partial charge in [-0.1, -0.05) is 31.9 Å². The number of carbonyl (C=O) groups excluding carboxylic acids is 2. The second-order valence-electron chi connectivity index (χ2n) is 3.18. The van der Waals surface area contributed by atoms with Crippen LogP contribution in [0.15, 0.2) is 18.2 Å². The minimum atomic E-state index is -1.27. The van der Waals surface area contributed by atoms with Gasteiger partial charge < -0.3 is 9.84 Å². The van der Waals surface area contributed by atoms with Crippen LogP contribution in [-0.4, -0.2) is 33.5 Å². The molecule has 7 heteroatoms. The van der Waals surface area contributed by atoms with Gasteiger partial charge in [-0.3, -0.25) is 9.59 Å². The molecule has 0 radical (unpaired) electrons. The van der Waals surface area contributed by atoms with Crippen LogP contribution in [0.3, 0.4) is 0 Å². The maximum atomic E-state index is 11.4. The largest absolute Gasteiger partial charge is 0.478 e. The van der Waals surface area contributed by atoms with Gasteiger partial charge in [-0.25, -0.2) is 4.79 Å². The van der Waals surface area contributed by atoms with Gasteiger partial charge in [0.2, 0.25) is 0 Å². The van der Waals surface area contributed by atoms with E-state index in [-0.39, 0.29) is 33.3 Å². The number of halogens is 2. The molecule has 0 aliphatic carbocycles. The second-order valence-corrected chi connectivity index (χ2v) is 4.30. The zero-order chi connectivity index (χ0) is 13.7. The number of aromatic carboxylic acids is 1. The first-order valence-electron chi connectivity index (χ1n) is 4.72. The van der Waals surface area contributed by atoms with E-state index in [0.29, 0.717) is 0 Å². The Bertz CT molecular complexity index is 498. The summed E-state index contributed by atoms with van der Waals surface area (Å²) in [6.07, 6.45) is 0. The van der Waals surface area contributed by atoms with E-state index in [0.717, 1.165) is 0 Å². The van der Waals surface area contributed by atoms with Crippen LogP contribution in [0.2, 0.25) is 0 Å². The average Bonchev–Trinajstić information content (AvgIpc) is 2.37. The molecule has 96 valence electrons. The third kappa shape index (κ3) is 3.64. The first kappa shape index (κ1) is 14.8. The molecule has 1 aromatic rings. The Balaban J connectivity index is 3.16. The lowest BCUT2D eigenvalue weighted by Crippen LogP contribution is -2.13. The highest BCUT2D eigenvalue weighted by Crippen LogP contribution is 2.21. The van der Waals surface area contributed by atoms with E-state index < -0.39 is 11.9 Å². The zero-order valence-corrected chi connectivity index (χ0v) is 12.2. The van der Waals surface area contributed by atoms with E-state index in [1.54, 1.807) is 0 Å². The van der Waals surface area contributed by atoms with Gasteiger partial charge in [0.15, 0.2) is 5.78 Å². The smallest absolute Gasteiger partial charge is 0.339 e. The fourth-order valence-electron chi connectivity index (χ4n) is 1.19. The molecule has 0 unspecified atom stereocenters. The molecule has 0 aliphatic heterocycles. The normalized spacial score (nSPS) is 9.89. The Morgan fingerprint density at radius 1 is 1.17 bits per heavy atom. The Morgan fingerprint density at radius 2 is 1.83 bits per heavy atom. The van der Waals surface area contributed by atoms with Crippen LogP contribution in [0.25, 0.3) is 0 Å². The molecular formula is C11H8Br2O5. The minimum absolute atomic E-state index is 0.0475. The molecule has 0 spiro atoms. The molecule has 1 rings (SSSR count). The lowest BCUT2D eigenvalue weighted by molar-refractivity contribution is -0.131. The fourth-order valence-corrected chi connectivity index (χ4v) is 1.62. The van der Waals surface area contributed by atoms with Crippen molar-refractivity contribution in [2.45, 2.75) is 0 Å². The first-order valence-corrected chi connectivity index (χ1v) is 6.97. The monoisotopic (exact) mass is 378 g/mol. The molecule has 0 bridgehead atoms. The Kier molecular flexibility index (Phi) is 5.49. The summed E-state index contributed by atoms with van der Waals surface area (Å²) in [5.74, 6) is -2.22. The van der Waals surface area contributed by atoms with Gasteiger partial charge in [-0.05, 0) is 18.2 Å². The molecular weight excluding hydrogens is 372 g/mol. The van der Waals surface area contributed by atoms with Gasteiger partial charge in [0, 0.05) is 5.56 Å². The van der Waals surface area contributed by atoms with Crippen LogP contribution < -0.4 is 4.74 Å². The summed E-state index contributed by atoms with van der Waals surface area (Å²) in [6, 6.07) is 3.88. The number of rotatable bonds is 5. The van der Waals surface area contributed by atoms with E-state index in [2.05, 4.69) is 31.9 Å². The molecule has 0 saturated carbocycles. The number of hydrogen-bond donors (Lipinski definition) is 1. The quantitative estimate of drug-likeness (QED) is 0.367. The third-order valence-electron chi connectivity index (χ3n) is 1.99. The molecule has 1 N–H and O–H groups in total. The van der Waals surface area contributed by atoms with Gasteiger partial charge in [0.25, 0.3) is 0 Å². The van der Waals surface area contributed by atoms with Crippen LogP contribution in [0.1, 0.15) is 20.7 Å². The van der Waals surface area contributed by atoms with Crippen molar-refractivity contribution in [2.24, 2.45) is 0 Å². The fraction of sp³-hybridized carbons (Fsp3) is 0.182. The summed E-state index contributed by atoms with van der Waals surface area (Å²) in [4.78, 5) is 33.5. The van der Waals surface area contributed by atoms with Crippen LogP contribution in [-0.2, 0) is 4.79 Å². The van der Waals surface area contributed by atoms with Crippen molar-refractivity contribution in [3.05, 3.63) is 29.3 Å². The molecule has 0 amide bonds. The van der Waals surface area contributed by atoms with E-state index >= 15 is 0 Å². The molecule has 0 fully saturated rings. The van der Waals surface area contributed by atoms with Crippen molar-refractivity contribution in [1.82, 2.24) is 0 Å². The Labute approximate surface area is 119 Å². The summed E-state index contributed by atoms with van der Waals surface area (Å²) in [6.45, 7) is 0. The first-order chi connectivity index (χ1) is 8.49. The van der Waals surface area contributed by atoms with Crippen molar-refractivity contribution < 1.29 is 24.2 Å². The average molecular weight is 380 g/mol. The number of Topliss-reactive ketones (excluding diaryl/α,β-unsaturated/α-hetero) is 1. The maximum Gasteiger partial charge on any atom is 0.339 e. The second kappa shape index (κ2) is 6.65. The molecule has 0 heterocycles. The predicted molar refractivity (Wildman–Crippen MR) is 71.0 cm³/mol. The summed E-state index contributed by atoms with van der Waals surface area (Å²) in [7, 11) is 0. The Hall–Kier alpha value is -1.21. The molecule has 5 nitrogen and oxygen atoms in total. The van der Waals surface area contributed by atoms with E-state index in [4.69, 9.17) is 9.84 Å². The van der Waals surface area contributed by atoms with Crippen LogP contribution >= 0.6 is 31.9 Å². The summed E-state index contributed by atoms with van der Waals surface area (Å²) >= 11 is 5.90. The van der Waals surface area contributed by atoms with E-state index in [9.17, 15) is 14.4 Å². The van der Waals surface area contributed by atoms with Crippen molar-refractivity contribution >= 4 is 49.6 Å². The number of alkyl halides is 2. The molecule has 1 aromatic carbocycles. The van der Waals surface area contributed by atoms with Crippen molar-refractivity contribution in [1.29, 1.82) is 0 Å². The number of ether oxygens (including phenoxy) is 1. The summed E-state index contributed by atoms with van der Waals surface area (Å²) < 4.78 is 4.83. The van der Waals surface area contributed by atoms with Crippen molar-refractivity contribution in [3.8, 4) is 5.75 Å². The molecule has 0 aromatic heterocycles. The number of carboxylic acid groups (broad SMARTS) is 1. The Morgan fingerprint density at radius 3 is 2.33 bits per heavy atom. The van der Waals surface area contributed by atoms with Gasteiger partial charge in [0.05, 0.1) is 5.33 Å². The number of hydrogen-bond acceptors (Lipinski definition) is 4. The van der Waals surface area contributed by atoms with Gasteiger partial charge in [-0.2, -0.15) is 0 Å². The topological polar surface area (TPSA) is 80.7 Å². The van der Waals surface area contributed by atoms with Crippen LogP contribution in [0.4, 0.5) is 0 Å².